The number of aromatic nitrogens is 4. The predicted molar refractivity (Wildman–Crippen MR) is 95.4 cm³/mol. The molecule has 8 heteroatoms. The molecule has 4 heterocycles. The van der Waals surface area contributed by atoms with E-state index in [1.165, 1.54) is 5.56 Å². The van der Waals surface area contributed by atoms with E-state index < -0.39 is 0 Å². The van der Waals surface area contributed by atoms with Crippen molar-refractivity contribution >= 4 is 5.91 Å². The normalized spacial score (nSPS) is 25.5. The Morgan fingerprint density at radius 3 is 3.00 bits per heavy atom. The van der Waals surface area contributed by atoms with E-state index >= 15 is 0 Å². The van der Waals surface area contributed by atoms with Gasteiger partial charge in [-0.15, -0.1) is 0 Å². The average molecular weight is 358 g/mol. The molecule has 0 saturated carbocycles. The highest BCUT2D eigenvalue weighted by Gasteiger charge is 2.43. The summed E-state index contributed by atoms with van der Waals surface area (Å²) >= 11 is 0. The van der Waals surface area contributed by atoms with Gasteiger partial charge in [0.25, 0.3) is 5.91 Å². The zero-order valence-corrected chi connectivity index (χ0v) is 15.3. The first-order valence-electron chi connectivity index (χ1n) is 9.25. The molecule has 3 atom stereocenters. The lowest BCUT2D eigenvalue weighted by atomic mass is 9.93. The van der Waals surface area contributed by atoms with Crippen molar-refractivity contribution in [2.24, 2.45) is 18.9 Å². The van der Waals surface area contributed by atoms with Gasteiger partial charge in [-0.1, -0.05) is 0 Å². The van der Waals surface area contributed by atoms with Crippen LogP contribution in [0.4, 0.5) is 0 Å². The third-order valence-electron chi connectivity index (χ3n) is 5.51. The van der Waals surface area contributed by atoms with Gasteiger partial charge in [-0.25, -0.2) is 0 Å². The number of hydrogen-bond acceptors (Lipinski definition) is 5. The van der Waals surface area contributed by atoms with Crippen LogP contribution >= 0.6 is 0 Å². The number of carbonyl (C=O) groups is 1. The maximum Gasteiger partial charge on any atom is 0.269 e. The van der Waals surface area contributed by atoms with Gasteiger partial charge in [0.05, 0.1) is 18.9 Å². The molecule has 0 bridgehead atoms. The number of nitrogens with zero attached hydrogens (tertiary/aromatic N) is 5. The average Bonchev–Trinajstić information content (AvgIpc) is 3.38. The molecule has 0 aromatic carbocycles. The van der Waals surface area contributed by atoms with E-state index in [1.807, 2.05) is 10.9 Å². The first-order valence-corrected chi connectivity index (χ1v) is 9.25. The fourth-order valence-corrected chi connectivity index (χ4v) is 4.05. The molecule has 2 aliphatic rings. The molecule has 8 nitrogen and oxygen atoms in total. The van der Waals surface area contributed by atoms with Crippen LogP contribution in [0.2, 0.25) is 0 Å². The van der Waals surface area contributed by atoms with Crippen molar-refractivity contribution in [3.8, 4) is 0 Å². The van der Waals surface area contributed by atoms with E-state index in [1.54, 1.807) is 24.0 Å². The number of ether oxygens (including phenoxy) is 1. The molecule has 2 aromatic heterocycles. The van der Waals surface area contributed by atoms with Gasteiger partial charge in [0.2, 0.25) is 0 Å². The summed E-state index contributed by atoms with van der Waals surface area (Å²) in [6.07, 6.45) is 5.97. The van der Waals surface area contributed by atoms with E-state index in [0.29, 0.717) is 24.1 Å². The van der Waals surface area contributed by atoms with E-state index in [-0.39, 0.29) is 12.0 Å². The Balaban J connectivity index is 1.30. The fraction of sp³-hybridized carbons (Fsp3) is 0.611. The minimum atomic E-state index is -0.0738. The molecular formula is C18H26N6O2. The van der Waals surface area contributed by atoms with Crippen molar-refractivity contribution in [2.45, 2.75) is 26.1 Å². The van der Waals surface area contributed by atoms with Crippen molar-refractivity contribution in [1.82, 2.24) is 29.8 Å². The van der Waals surface area contributed by atoms with Crippen molar-refractivity contribution in [1.29, 1.82) is 0 Å². The molecule has 0 spiro atoms. The minimum absolute atomic E-state index is 0.0738. The number of hydrogen-bond donors (Lipinski definition) is 1. The molecule has 26 heavy (non-hydrogen) atoms. The largest absolute Gasteiger partial charge is 0.376 e. The zero-order valence-electron chi connectivity index (χ0n) is 15.3. The van der Waals surface area contributed by atoms with Gasteiger partial charge in [0.1, 0.15) is 5.69 Å². The Morgan fingerprint density at radius 2 is 2.27 bits per heavy atom. The highest BCUT2D eigenvalue weighted by molar-refractivity contribution is 5.92. The van der Waals surface area contributed by atoms with Crippen LogP contribution in [0.3, 0.4) is 0 Å². The second-order valence-corrected chi connectivity index (χ2v) is 7.24. The Morgan fingerprint density at radius 1 is 1.38 bits per heavy atom. The molecule has 2 saturated heterocycles. The van der Waals surface area contributed by atoms with Crippen molar-refractivity contribution < 1.29 is 9.53 Å². The minimum Gasteiger partial charge on any atom is -0.376 e. The van der Waals surface area contributed by atoms with Crippen LogP contribution in [0.1, 0.15) is 23.0 Å². The van der Waals surface area contributed by atoms with Crippen LogP contribution in [0.5, 0.6) is 0 Å². The summed E-state index contributed by atoms with van der Waals surface area (Å²) in [7, 11) is 1.78. The van der Waals surface area contributed by atoms with E-state index in [4.69, 9.17) is 4.74 Å². The third kappa shape index (κ3) is 3.39. The highest BCUT2D eigenvalue weighted by Crippen LogP contribution is 2.34. The number of aryl methyl sites for hydroxylation is 2. The van der Waals surface area contributed by atoms with Crippen LogP contribution in [-0.4, -0.2) is 62.7 Å². The molecule has 0 aliphatic carbocycles. The lowest BCUT2D eigenvalue weighted by Gasteiger charge is -2.19. The van der Waals surface area contributed by atoms with Crippen molar-refractivity contribution in [2.75, 3.05) is 26.2 Å². The Bertz CT molecular complexity index is 769. The molecule has 2 aromatic rings. The molecular weight excluding hydrogens is 332 g/mol. The summed E-state index contributed by atoms with van der Waals surface area (Å²) in [6, 6.07) is 1.73. The number of rotatable bonds is 6. The number of fused-ring (bicyclic) bond motifs is 1. The van der Waals surface area contributed by atoms with Crippen LogP contribution in [0.25, 0.3) is 0 Å². The second-order valence-electron chi connectivity index (χ2n) is 7.24. The summed E-state index contributed by atoms with van der Waals surface area (Å²) in [5.74, 6) is 0.763. The van der Waals surface area contributed by atoms with Crippen LogP contribution in [0.15, 0.2) is 24.7 Å². The monoisotopic (exact) mass is 358 g/mol. The molecule has 0 radical (unpaired) electrons. The standard InChI is InChI=1S/C18H26N6O2/c1-3-24-9-13(6-21-24)8-23-10-15-14(12-26-17(15)11-23)7-19-18(25)16-4-5-20-22(16)2/h4-6,9,14-15,17H,3,7-8,10-12H2,1-2H3,(H,19,25)/t14-,15+,17+/m0/s1. The Labute approximate surface area is 153 Å². The summed E-state index contributed by atoms with van der Waals surface area (Å²) in [5.41, 5.74) is 1.83. The van der Waals surface area contributed by atoms with Crippen molar-refractivity contribution in [3.63, 3.8) is 0 Å². The van der Waals surface area contributed by atoms with E-state index in [2.05, 4.69) is 33.5 Å². The SMILES string of the molecule is CCn1cc(CN2C[C@@H]3[C@@H](CNC(=O)c4ccnn4C)CO[C@@H]3C2)cn1. The van der Waals surface area contributed by atoms with Gasteiger partial charge < -0.3 is 10.1 Å². The maximum atomic E-state index is 12.3. The third-order valence-corrected chi connectivity index (χ3v) is 5.51. The van der Waals surface area contributed by atoms with Gasteiger partial charge in [-0.3, -0.25) is 19.1 Å². The van der Waals surface area contributed by atoms with Gasteiger partial charge in [0, 0.05) is 69.6 Å². The Kier molecular flexibility index (Phi) is 4.78. The molecule has 2 aliphatic heterocycles. The van der Waals surface area contributed by atoms with Gasteiger partial charge in [-0.05, 0) is 13.0 Å². The van der Waals surface area contributed by atoms with Gasteiger partial charge in [0.15, 0.2) is 0 Å². The number of amides is 1. The highest BCUT2D eigenvalue weighted by atomic mass is 16.5. The lowest BCUT2D eigenvalue weighted by molar-refractivity contribution is 0.0898. The van der Waals surface area contributed by atoms with E-state index in [0.717, 1.165) is 32.8 Å². The maximum absolute atomic E-state index is 12.3. The number of carbonyl (C=O) groups excluding carboxylic acids is 1. The summed E-state index contributed by atoms with van der Waals surface area (Å²) in [4.78, 5) is 14.7. The lowest BCUT2D eigenvalue weighted by Crippen LogP contribution is -2.35. The summed E-state index contributed by atoms with van der Waals surface area (Å²) in [6.45, 7) is 7.23. The number of likely N-dealkylation sites (tertiary alicyclic amines) is 1. The predicted octanol–water partition coefficient (Wildman–Crippen LogP) is 0.513. The van der Waals surface area contributed by atoms with Gasteiger partial charge >= 0.3 is 0 Å². The van der Waals surface area contributed by atoms with Crippen LogP contribution < -0.4 is 5.32 Å². The molecule has 1 N–H and O–H groups in total. The fourth-order valence-electron chi connectivity index (χ4n) is 4.05. The van der Waals surface area contributed by atoms with Crippen LogP contribution in [-0.2, 0) is 24.9 Å². The summed E-state index contributed by atoms with van der Waals surface area (Å²) < 4.78 is 9.55. The first kappa shape index (κ1) is 17.2. The molecule has 1 amide bonds. The zero-order chi connectivity index (χ0) is 18.1. The number of nitrogens with one attached hydrogen (secondary N) is 1. The van der Waals surface area contributed by atoms with Gasteiger partial charge in [-0.2, -0.15) is 10.2 Å². The first-order chi connectivity index (χ1) is 12.6. The molecule has 0 unspecified atom stereocenters. The summed E-state index contributed by atoms with van der Waals surface area (Å²) in [5, 5.41) is 11.4. The topological polar surface area (TPSA) is 77.2 Å². The quantitative estimate of drug-likeness (QED) is 0.814. The molecule has 140 valence electrons. The second kappa shape index (κ2) is 7.20. The molecule has 2 fully saturated rings. The van der Waals surface area contributed by atoms with Crippen LogP contribution in [0, 0.1) is 11.8 Å². The molecule has 4 rings (SSSR count). The smallest absolute Gasteiger partial charge is 0.269 e. The van der Waals surface area contributed by atoms with E-state index in [9.17, 15) is 4.79 Å². The Hall–Kier alpha value is -2.19. The van der Waals surface area contributed by atoms with Crippen molar-refractivity contribution in [3.05, 3.63) is 35.9 Å².